The quantitative estimate of drug-likeness (QED) is 0.794. The fourth-order valence-corrected chi connectivity index (χ4v) is 2.97. The zero-order chi connectivity index (χ0) is 13.1. The summed E-state index contributed by atoms with van der Waals surface area (Å²) in [4.78, 5) is 8.89. The zero-order valence-corrected chi connectivity index (χ0v) is 10.9. The first-order chi connectivity index (χ1) is 9.32. The molecule has 0 unspecified atom stereocenters. The van der Waals surface area contributed by atoms with Gasteiger partial charge in [0.2, 0.25) is 0 Å². The number of nitrogens with zero attached hydrogens (tertiary/aromatic N) is 2. The van der Waals surface area contributed by atoms with Crippen molar-refractivity contribution in [3.63, 3.8) is 0 Å². The van der Waals surface area contributed by atoms with Crippen LogP contribution in [0.5, 0.6) is 0 Å². The van der Waals surface area contributed by atoms with Crippen molar-refractivity contribution in [2.75, 3.05) is 0 Å². The van der Waals surface area contributed by atoms with E-state index in [-0.39, 0.29) is 0 Å². The molecule has 0 aliphatic rings. The molecular formula is C15H12N2OS. The first-order valence-corrected chi connectivity index (χ1v) is 6.77. The number of hydrogen-bond acceptors (Lipinski definition) is 4. The van der Waals surface area contributed by atoms with Gasteiger partial charge in [0.05, 0.1) is 0 Å². The van der Waals surface area contributed by atoms with Gasteiger partial charge in [0, 0.05) is 22.8 Å². The van der Waals surface area contributed by atoms with Gasteiger partial charge in [-0.3, -0.25) is 0 Å². The highest BCUT2D eigenvalue weighted by atomic mass is 32.1. The summed E-state index contributed by atoms with van der Waals surface area (Å²) in [5.74, 6) is 0. The Balaban J connectivity index is 2.23. The largest absolute Gasteiger partial charge is 0.375 e. The number of aromatic nitrogens is 2. The van der Waals surface area contributed by atoms with Crippen LogP contribution < -0.4 is 0 Å². The summed E-state index contributed by atoms with van der Waals surface area (Å²) in [5, 5.41) is 13.2. The van der Waals surface area contributed by atoms with Crippen LogP contribution in [-0.4, -0.2) is 15.1 Å². The summed E-state index contributed by atoms with van der Waals surface area (Å²) in [5.41, 5.74) is 0.285. The molecule has 0 amide bonds. The molecule has 0 aliphatic heterocycles. The molecule has 1 aromatic carbocycles. The van der Waals surface area contributed by atoms with Gasteiger partial charge >= 0.3 is 0 Å². The zero-order valence-electron chi connectivity index (χ0n) is 10.1. The maximum Gasteiger partial charge on any atom is 0.152 e. The highest BCUT2D eigenvalue weighted by Crippen LogP contribution is 2.38. The minimum absolute atomic E-state index is 0.670. The molecule has 0 radical (unpaired) electrons. The molecule has 1 atom stereocenters. The summed E-state index contributed by atoms with van der Waals surface area (Å²) in [6, 6.07) is 13.4. The van der Waals surface area contributed by atoms with Gasteiger partial charge < -0.3 is 5.11 Å². The van der Waals surface area contributed by atoms with E-state index in [1.807, 2.05) is 47.8 Å². The van der Waals surface area contributed by atoms with E-state index in [1.54, 1.807) is 12.4 Å². The van der Waals surface area contributed by atoms with Crippen LogP contribution in [-0.2, 0) is 5.60 Å². The number of aliphatic hydroxyl groups is 1. The molecule has 3 nitrogen and oxygen atoms in total. The van der Waals surface area contributed by atoms with E-state index in [4.69, 9.17) is 0 Å². The molecule has 0 saturated heterocycles. The summed E-state index contributed by atoms with van der Waals surface area (Å²) in [7, 11) is 0. The minimum atomic E-state index is -1.20. The van der Waals surface area contributed by atoms with Crippen molar-refractivity contribution in [3.05, 3.63) is 82.6 Å². The lowest BCUT2D eigenvalue weighted by atomic mass is 9.86. The van der Waals surface area contributed by atoms with E-state index in [2.05, 4.69) is 9.97 Å². The fourth-order valence-electron chi connectivity index (χ4n) is 2.10. The Labute approximate surface area is 115 Å². The molecule has 1 N–H and O–H groups in total. The van der Waals surface area contributed by atoms with Crippen molar-refractivity contribution < 1.29 is 5.11 Å². The predicted molar refractivity (Wildman–Crippen MR) is 74.9 cm³/mol. The molecule has 3 rings (SSSR count). The maximum absolute atomic E-state index is 11.2. The van der Waals surface area contributed by atoms with Crippen LogP contribution in [0, 0.1) is 0 Å². The second-order valence-corrected chi connectivity index (χ2v) is 5.13. The lowest BCUT2D eigenvalue weighted by Crippen LogP contribution is -2.28. The van der Waals surface area contributed by atoms with Gasteiger partial charge in [0.15, 0.2) is 5.60 Å². The molecule has 0 aliphatic carbocycles. The van der Waals surface area contributed by atoms with Gasteiger partial charge in [0.1, 0.15) is 6.33 Å². The number of thiophene rings is 1. The van der Waals surface area contributed by atoms with Gasteiger partial charge in [-0.1, -0.05) is 36.4 Å². The standard InChI is InChI=1S/C15H12N2OS/c18-15(14-7-4-8-19-14,12-5-2-1-3-6-12)13-9-16-11-17-10-13/h1-11,18H/t15-/m0/s1. The minimum Gasteiger partial charge on any atom is -0.375 e. The Morgan fingerprint density at radius 1 is 0.895 bits per heavy atom. The number of rotatable bonds is 3. The maximum atomic E-state index is 11.2. The van der Waals surface area contributed by atoms with Crippen molar-refractivity contribution >= 4 is 11.3 Å². The van der Waals surface area contributed by atoms with Crippen molar-refractivity contribution in [2.45, 2.75) is 5.60 Å². The molecule has 2 aromatic heterocycles. The normalized spacial score (nSPS) is 13.9. The molecule has 94 valence electrons. The Kier molecular flexibility index (Phi) is 3.11. The topological polar surface area (TPSA) is 46.0 Å². The van der Waals surface area contributed by atoms with Gasteiger partial charge in [-0.05, 0) is 17.0 Å². The van der Waals surface area contributed by atoms with Crippen molar-refractivity contribution in [1.29, 1.82) is 0 Å². The van der Waals surface area contributed by atoms with E-state index in [9.17, 15) is 5.11 Å². The molecule has 0 spiro atoms. The Morgan fingerprint density at radius 3 is 2.26 bits per heavy atom. The third-order valence-corrected chi connectivity index (χ3v) is 4.03. The van der Waals surface area contributed by atoms with Gasteiger partial charge in [-0.25, -0.2) is 9.97 Å². The summed E-state index contributed by atoms with van der Waals surface area (Å²) in [6.07, 6.45) is 4.77. The van der Waals surface area contributed by atoms with Gasteiger partial charge in [-0.15, -0.1) is 11.3 Å². The highest BCUT2D eigenvalue weighted by Gasteiger charge is 2.35. The van der Waals surface area contributed by atoms with E-state index in [0.717, 1.165) is 10.4 Å². The van der Waals surface area contributed by atoms with Crippen LogP contribution >= 0.6 is 11.3 Å². The van der Waals surface area contributed by atoms with Crippen LogP contribution in [0.2, 0.25) is 0 Å². The molecule has 19 heavy (non-hydrogen) atoms. The first kappa shape index (κ1) is 12.0. The van der Waals surface area contributed by atoms with Gasteiger partial charge in [-0.2, -0.15) is 0 Å². The molecular weight excluding hydrogens is 256 g/mol. The van der Waals surface area contributed by atoms with E-state index < -0.39 is 5.60 Å². The van der Waals surface area contributed by atoms with Crippen molar-refractivity contribution in [1.82, 2.24) is 9.97 Å². The van der Waals surface area contributed by atoms with Crippen LogP contribution in [0.25, 0.3) is 0 Å². The van der Waals surface area contributed by atoms with Crippen LogP contribution in [0.15, 0.2) is 66.6 Å². The average Bonchev–Trinajstić information content (AvgIpc) is 3.03. The smallest absolute Gasteiger partial charge is 0.152 e. The van der Waals surface area contributed by atoms with Crippen LogP contribution in [0.4, 0.5) is 0 Å². The number of hydrogen-bond donors (Lipinski definition) is 1. The molecule has 4 heteroatoms. The van der Waals surface area contributed by atoms with E-state index in [0.29, 0.717) is 5.56 Å². The summed E-state index contributed by atoms with van der Waals surface area (Å²) >= 11 is 1.51. The van der Waals surface area contributed by atoms with E-state index >= 15 is 0 Å². The Morgan fingerprint density at radius 2 is 1.63 bits per heavy atom. The average molecular weight is 268 g/mol. The summed E-state index contributed by atoms with van der Waals surface area (Å²) in [6.45, 7) is 0. The van der Waals surface area contributed by atoms with Crippen LogP contribution in [0.1, 0.15) is 16.0 Å². The van der Waals surface area contributed by atoms with E-state index in [1.165, 1.54) is 17.7 Å². The monoisotopic (exact) mass is 268 g/mol. The van der Waals surface area contributed by atoms with Crippen molar-refractivity contribution in [3.8, 4) is 0 Å². The Hall–Kier alpha value is -2.04. The molecule has 2 heterocycles. The SMILES string of the molecule is O[C@@](c1ccccc1)(c1cncnc1)c1cccs1. The molecule has 0 fully saturated rings. The molecule has 0 saturated carbocycles. The third kappa shape index (κ3) is 2.05. The van der Waals surface area contributed by atoms with Crippen molar-refractivity contribution in [2.24, 2.45) is 0 Å². The summed E-state index contributed by atoms with van der Waals surface area (Å²) < 4.78 is 0. The predicted octanol–water partition coefficient (Wildman–Crippen LogP) is 2.82. The lowest BCUT2D eigenvalue weighted by molar-refractivity contribution is 0.129. The lowest BCUT2D eigenvalue weighted by Gasteiger charge is -2.27. The first-order valence-electron chi connectivity index (χ1n) is 5.89. The highest BCUT2D eigenvalue weighted by molar-refractivity contribution is 7.10. The van der Waals surface area contributed by atoms with Gasteiger partial charge in [0.25, 0.3) is 0 Å². The third-order valence-electron chi connectivity index (χ3n) is 3.05. The number of benzene rings is 1. The second kappa shape index (κ2) is 4.91. The molecule has 0 bridgehead atoms. The fraction of sp³-hybridized carbons (Fsp3) is 0.0667. The molecule has 3 aromatic rings. The second-order valence-electron chi connectivity index (χ2n) is 4.18. The van der Waals surface area contributed by atoms with Crippen LogP contribution in [0.3, 0.4) is 0 Å². The Bertz CT molecular complexity index is 599.